The number of hydrogen-bond donors (Lipinski definition) is 1. The number of rotatable bonds is 1. The van der Waals surface area contributed by atoms with E-state index in [2.05, 4.69) is 19.9 Å². The van der Waals surface area contributed by atoms with E-state index in [1.165, 1.54) is 0 Å². The Labute approximate surface area is 86.0 Å². The molecule has 72 valence electrons. The molecule has 4 heteroatoms. The van der Waals surface area contributed by atoms with Crippen LogP contribution in [0.4, 0.5) is 0 Å². The fourth-order valence-electron chi connectivity index (χ4n) is 1.48. The Balaban J connectivity index is 2.19. The van der Waals surface area contributed by atoms with Gasteiger partial charge in [-0.2, -0.15) is 0 Å². The molecule has 3 rings (SSSR count). The molecule has 0 fully saturated rings. The Hall–Kier alpha value is -2.23. The van der Waals surface area contributed by atoms with Gasteiger partial charge in [0.1, 0.15) is 5.52 Å². The quantitative estimate of drug-likeness (QED) is 0.647. The Morgan fingerprint density at radius 2 is 2.13 bits per heavy atom. The third-order valence-electron chi connectivity index (χ3n) is 2.22. The molecule has 15 heavy (non-hydrogen) atoms. The Morgan fingerprint density at radius 3 is 3.00 bits per heavy atom. The third-order valence-corrected chi connectivity index (χ3v) is 2.22. The van der Waals surface area contributed by atoms with E-state index in [1.54, 1.807) is 18.6 Å². The standard InChI is InChI=1S/C11H8N4/c1-2-8(6-12-4-1)10-7-14-9-3-5-13-11(9)15-10/h1-7H,(H,13,15). The van der Waals surface area contributed by atoms with Gasteiger partial charge in [-0.25, -0.2) is 4.98 Å². The second kappa shape index (κ2) is 3.16. The summed E-state index contributed by atoms with van der Waals surface area (Å²) in [6, 6.07) is 5.75. The summed E-state index contributed by atoms with van der Waals surface area (Å²) in [5, 5.41) is 0. The van der Waals surface area contributed by atoms with Gasteiger partial charge < -0.3 is 4.98 Å². The van der Waals surface area contributed by atoms with Crippen LogP contribution in [0.25, 0.3) is 22.4 Å². The number of H-pyrrole nitrogens is 1. The van der Waals surface area contributed by atoms with Crippen LogP contribution in [0, 0.1) is 0 Å². The Kier molecular flexibility index (Phi) is 1.71. The van der Waals surface area contributed by atoms with E-state index < -0.39 is 0 Å². The van der Waals surface area contributed by atoms with E-state index in [-0.39, 0.29) is 0 Å². The zero-order valence-electron chi connectivity index (χ0n) is 7.88. The molecule has 0 unspecified atom stereocenters. The van der Waals surface area contributed by atoms with Crippen molar-refractivity contribution in [1.82, 2.24) is 19.9 Å². The summed E-state index contributed by atoms with van der Waals surface area (Å²) in [5.41, 5.74) is 3.48. The van der Waals surface area contributed by atoms with Gasteiger partial charge in [-0.3, -0.25) is 9.97 Å². The first-order valence-electron chi connectivity index (χ1n) is 4.64. The van der Waals surface area contributed by atoms with Gasteiger partial charge in [0.15, 0.2) is 5.65 Å². The zero-order valence-corrected chi connectivity index (χ0v) is 7.88. The number of nitrogens with one attached hydrogen (secondary N) is 1. The second-order valence-electron chi connectivity index (χ2n) is 3.21. The number of hydrogen-bond acceptors (Lipinski definition) is 3. The molecule has 0 aliphatic rings. The van der Waals surface area contributed by atoms with Crippen molar-refractivity contribution in [1.29, 1.82) is 0 Å². The summed E-state index contributed by atoms with van der Waals surface area (Å²) < 4.78 is 0. The average Bonchev–Trinajstić information content (AvgIpc) is 2.77. The van der Waals surface area contributed by atoms with E-state index in [4.69, 9.17) is 0 Å². The topological polar surface area (TPSA) is 54.5 Å². The molecule has 3 aromatic rings. The second-order valence-corrected chi connectivity index (χ2v) is 3.21. The van der Waals surface area contributed by atoms with Crippen LogP contribution < -0.4 is 0 Å². The predicted molar refractivity (Wildman–Crippen MR) is 57.1 cm³/mol. The summed E-state index contributed by atoms with van der Waals surface area (Å²) >= 11 is 0. The van der Waals surface area contributed by atoms with Crippen molar-refractivity contribution in [3.63, 3.8) is 0 Å². The van der Waals surface area contributed by atoms with Crippen LogP contribution in [-0.2, 0) is 0 Å². The van der Waals surface area contributed by atoms with Crippen LogP contribution >= 0.6 is 0 Å². The first kappa shape index (κ1) is 8.11. The van der Waals surface area contributed by atoms with Crippen molar-refractivity contribution in [3.05, 3.63) is 43.0 Å². The average molecular weight is 196 g/mol. The van der Waals surface area contributed by atoms with Gasteiger partial charge in [-0.05, 0) is 18.2 Å². The van der Waals surface area contributed by atoms with Gasteiger partial charge in [-0.15, -0.1) is 0 Å². The van der Waals surface area contributed by atoms with Crippen LogP contribution in [-0.4, -0.2) is 19.9 Å². The molecule has 0 saturated carbocycles. The molecular weight excluding hydrogens is 188 g/mol. The van der Waals surface area contributed by atoms with E-state index in [1.807, 2.05) is 24.4 Å². The molecule has 0 aliphatic carbocycles. The molecule has 0 aliphatic heterocycles. The molecule has 0 radical (unpaired) electrons. The molecule has 0 spiro atoms. The number of aromatic nitrogens is 4. The van der Waals surface area contributed by atoms with Crippen molar-refractivity contribution in [2.45, 2.75) is 0 Å². The lowest BCUT2D eigenvalue weighted by Crippen LogP contribution is -1.87. The van der Waals surface area contributed by atoms with Gasteiger partial charge in [0, 0.05) is 24.2 Å². The summed E-state index contributed by atoms with van der Waals surface area (Å²) in [6.45, 7) is 0. The molecule has 0 atom stereocenters. The van der Waals surface area contributed by atoms with E-state index in [0.717, 1.165) is 22.4 Å². The molecule has 4 nitrogen and oxygen atoms in total. The lowest BCUT2D eigenvalue weighted by molar-refractivity contribution is 1.24. The number of fused-ring (bicyclic) bond motifs is 1. The minimum Gasteiger partial charge on any atom is -0.345 e. The monoisotopic (exact) mass is 196 g/mol. The maximum Gasteiger partial charge on any atom is 0.156 e. The van der Waals surface area contributed by atoms with Crippen molar-refractivity contribution in [2.75, 3.05) is 0 Å². The lowest BCUT2D eigenvalue weighted by atomic mass is 10.2. The van der Waals surface area contributed by atoms with Crippen LogP contribution in [0.2, 0.25) is 0 Å². The maximum absolute atomic E-state index is 4.45. The van der Waals surface area contributed by atoms with Crippen molar-refractivity contribution in [3.8, 4) is 11.3 Å². The molecule has 3 heterocycles. The minimum atomic E-state index is 0.802. The highest BCUT2D eigenvalue weighted by Gasteiger charge is 2.02. The Morgan fingerprint density at radius 1 is 1.13 bits per heavy atom. The molecule has 0 bridgehead atoms. The molecule has 1 N–H and O–H groups in total. The number of nitrogens with zero attached hydrogens (tertiary/aromatic N) is 3. The van der Waals surface area contributed by atoms with Gasteiger partial charge in [-0.1, -0.05) is 0 Å². The number of aromatic amines is 1. The van der Waals surface area contributed by atoms with Gasteiger partial charge >= 0.3 is 0 Å². The van der Waals surface area contributed by atoms with Gasteiger partial charge in [0.2, 0.25) is 0 Å². The molecule has 0 amide bonds. The summed E-state index contributed by atoms with van der Waals surface area (Å²) in [5.74, 6) is 0. The largest absolute Gasteiger partial charge is 0.345 e. The normalized spacial score (nSPS) is 10.7. The highest BCUT2D eigenvalue weighted by molar-refractivity contribution is 5.73. The fraction of sp³-hybridized carbons (Fsp3) is 0. The maximum atomic E-state index is 4.45. The molecular formula is C11H8N4. The van der Waals surface area contributed by atoms with E-state index in [9.17, 15) is 0 Å². The minimum absolute atomic E-state index is 0.802. The molecule has 0 aromatic carbocycles. The first-order valence-corrected chi connectivity index (χ1v) is 4.64. The van der Waals surface area contributed by atoms with Crippen molar-refractivity contribution in [2.24, 2.45) is 0 Å². The van der Waals surface area contributed by atoms with E-state index >= 15 is 0 Å². The van der Waals surface area contributed by atoms with E-state index in [0.29, 0.717) is 0 Å². The van der Waals surface area contributed by atoms with Crippen LogP contribution in [0.3, 0.4) is 0 Å². The van der Waals surface area contributed by atoms with Crippen molar-refractivity contribution >= 4 is 11.2 Å². The number of pyridine rings is 1. The predicted octanol–water partition coefficient (Wildman–Crippen LogP) is 2.02. The van der Waals surface area contributed by atoms with Gasteiger partial charge in [0.25, 0.3) is 0 Å². The van der Waals surface area contributed by atoms with Crippen molar-refractivity contribution < 1.29 is 0 Å². The molecule has 3 aromatic heterocycles. The SMILES string of the molecule is c1cncc(-c2cnc3cc[nH]c3n2)c1. The van der Waals surface area contributed by atoms with Crippen LogP contribution in [0.1, 0.15) is 0 Å². The smallest absolute Gasteiger partial charge is 0.156 e. The summed E-state index contributed by atoms with van der Waals surface area (Å²) in [4.78, 5) is 15.8. The Bertz CT molecular complexity index is 586. The summed E-state index contributed by atoms with van der Waals surface area (Å²) in [7, 11) is 0. The van der Waals surface area contributed by atoms with Crippen LogP contribution in [0.15, 0.2) is 43.0 Å². The van der Waals surface area contributed by atoms with Gasteiger partial charge in [0.05, 0.1) is 11.9 Å². The highest BCUT2D eigenvalue weighted by atomic mass is 14.9. The highest BCUT2D eigenvalue weighted by Crippen LogP contribution is 2.16. The fourth-order valence-corrected chi connectivity index (χ4v) is 1.48. The summed E-state index contributed by atoms with van der Waals surface area (Å²) in [6.07, 6.45) is 7.10. The molecule has 0 saturated heterocycles. The third kappa shape index (κ3) is 1.36. The van der Waals surface area contributed by atoms with Crippen LogP contribution in [0.5, 0.6) is 0 Å². The zero-order chi connectivity index (χ0) is 10.1. The lowest BCUT2D eigenvalue weighted by Gasteiger charge is -1.98. The first-order chi connectivity index (χ1) is 7.43.